The Morgan fingerprint density at radius 2 is 2.14 bits per heavy atom. The van der Waals surface area contributed by atoms with E-state index in [9.17, 15) is 4.79 Å². The van der Waals surface area contributed by atoms with Crippen LogP contribution in [0.3, 0.4) is 0 Å². The van der Waals surface area contributed by atoms with Gasteiger partial charge in [0.05, 0.1) is 5.56 Å². The minimum Gasteiger partial charge on any atom is -0.457 e. The summed E-state index contributed by atoms with van der Waals surface area (Å²) in [6, 6.07) is 5.61. The third-order valence-corrected chi connectivity index (χ3v) is 2.43. The largest absolute Gasteiger partial charge is 0.457 e. The molecule has 74 valence electrons. The molecule has 0 bridgehead atoms. The molecule has 3 heteroatoms. The van der Waals surface area contributed by atoms with Gasteiger partial charge in [0.1, 0.15) is 6.61 Å². The van der Waals surface area contributed by atoms with Crippen molar-refractivity contribution in [3.05, 3.63) is 34.9 Å². The van der Waals surface area contributed by atoms with Crippen molar-refractivity contribution in [3.8, 4) is 0 Å². The average molecular weight is 191 g/mol. The quantitative estimate of drug-likeness (QED) is 0.685. The van der Waals surface area contributed by atoms with E-state index in [-0.39, 0.29) is 11.5 Å². The summed E-state index contributed by atoms with van der Waals surface area (Å²) >= 11 is 0. The molecule has 1 heterocycles. The SMILES string of the molecule is CC(C)(N)c1ccc2c(c1)COC2=O. The van der Waals surface area contributed by atoms with Gasteiger partial charge in [-0.05, 0) is 31.5 Å². The fraction of sp³-hybridized carbons (Fsp3) is 0.364. The molecule has 0 radical (unpaired) electrons. The first kappa shape index (κ1) is 9.21. The number of esters is 1. The molecule has 2 N–H and O–H groups in total. The van der Waals surface area contributed by atoms with Crippen LogP contribution in [-0.2, 0) is 16.9 Å². The van der Waals surface area contributed by atoms with E-state index < -0.39 is 0 Å². The van der Waals surface area contributed by atoms with Crippen LogP contribution >= 0.6 is 0 Å². The number of benzene rings is 1. The topological polar surface area (TPSA) is 52.3 Å². The second-order valence-electron chi connectivity index (χ2n) is 4.17. The van der Waals surface area contributed by atoms with Gasteiger partial charge in [-0.3, -0.25) is 0 Å². The number of ether oxygens (including phenoxy) is 1. The number of hydrogen-bond donors (Lipinski definition) is 1. The lowest BCUT2D eigenvalue weighted by Gasteiger charge is -2.19. The van der Waals surface area contributed by atoms with Crippen LogP contribution in [0.1, 0.15) is 35.3 Å². The van der Waals surface area contributed by atoms with Crippen molar-refractivity contribution in [2.24, 2.45) is 5.73 Å². The maximum Gasteiger partial charge on any atom is 0.338 e. The molecule has 1 aromatic rings. The molecule has 3 nitrogen and oxygen atoms in total. The highest BCUT2D eigenvalue weighted by Gasteiger charge is 2.23. The van der Waals surface area contributed by atoms with Crippen LogP contribution in [0.5, 0.6) is 0 Å². The number of cyclic esters (lactones) is 1. The number of carbonyl (C=O) groups excluding carboxylic acids is 1. The Hall–Kier alpha value is -1.35. The molecule has 0 fully saturated rings. The van der Waals surface area contributed by atoms with Gasteiger partial charge in [-0.15, -0.1) is 0 Å². The first-order valence-electron chi connectivity index (χ1n) is 4.58. The highest BCUT2D eigenvalue weighted by molar-refractivity contribution is 5.93. The van der Waals surface area contributed by atoms with E-state index in [1.807, 2.05) is 26.0 Å². The van der Waals surface area contributed by atoms with Gasteiger partial charge in [0.15, 0.2) is 0 Å². The van der Waals surface area contributed by atoms with Gasteiger partial charge in [0.2, 0.25) is 0 Å². The van der Waals surface area contributed by atoms with Crippen molar-refractivity contribution in [3.63, 3.8) is 0 Å². The zero-order valence-electron chi connectivity index (χ0n) is 8.33. The average Bonchev–Trinajstić information content (AvgIpc) is 2.46. The number of rotatable bonds is 1. The highest BCUT2D eigenvalue weighted by Crippen LogP contribution is 2.25. The summed E-state index contributed by atoms with van der Waals surface area (Å²) in [5.41, 5.74) is 8.21. The van der Waals surface area contributed by atoms with E-state index in [4.69, 9.17) is 10.5 Å². The molecule has 0 aliphatic carbocycles. The summed E-state index contributed by atoms with van der Waals surface area (Å²) in [6.45, 7) is 4.25. The Balaban J connectivity index is 2.47. The molecular weight excluding hydrogens is 178 g/mol. The van der Waals surface area contributed by atoms with Crippen LogP contribution in [0.2, 0.25) is 0 Å². The van der Waals surface area contributed by atoms with Gasteiger partial charge in [-0.2, -0.15) is 0 Å². The van der Waals surface area contributed by atoms with E-state index in [2.05, 4.69) is 0 Å². The molecule has 0 unspecified atom stereocenters. The summed E-state index contributed by atoms with van der Waals surface area (Å²) in [4.78, 5) is 11.2. The number of fused-ring (bicyclic) bond motifs is 1. The smallest absolute Gasteiger partial charge is 0.338 e. The first-order chi connectivity index (χ1) is 6.48. The van der Waals surface area contributed by atoms with Gasteiger partial charge in [0, 0.05) is 11.1 Å². The molecule has 1 aliphatic rings. The van der Waals surface area contributed by atoms with Gasteiger partial charge in [0.25, 0.3) is 0 Å². The highest BCUT2D eigenvalue weighted by atomic mass is 16.5. The van der Waals surface area contributed by atoms with Crippen LogP contribution in [0, 0.1) is 0 Å². The zero-order chi connectivity index (χ0) is 10.3. The lowest BCUT2D eigenvalue weighted by Crippen LogP contribution is -2.28. The maximum absolute atomic E-state index is 11.2. The summed E-state index contributed by atoms with van der Waals surface area (Å²) in [5.74, 6) is -0.235. The fourth-order valence-electron chi connectivity index (χ4n) is 1.53. The van der Waals surface area contributed by atoms with Crippen molar-refractivity contribution in [1.29, 1.82) is 0 Å². The van der Waals surface area contributed by atoms with Gasteiger partial charge in [-0.1, -0.05) is 6.07 Å². The van der Waals surface area contributed by atoms with Crippen LogP contribution in [-0.4, -0.2) is 5.97 Å². The Bertz CT molecular complexity index is 391. The normalized spacial score (nSPS) is 15.2. The van der Waals surface area contributed by atoms with Gasteiger partial charge < -0.3 is 10.5 Å². The molecule has 1 aromatic carbocycles. The summed E-state index contributed by atoms with van der Waals surface area (Å²) < 4.78 is 4.91. The number of carbonyl (C=O) groups is 1. The Morgan fingerprint density at radius 3 is 2.79 bits per heavy atom. The zero-order valence-corrected chi connectivity index (χ0v) is 8.33. The molecule has 0 amide bonds. The summed E-state index contributed by atoms with van der Waals surface area (Å²) in [7, 11) is 0. The summed E-state index contributed by atoms with van der Waals surface area (Å²) in [6.07, 6.45) is 0. The van der Waals surface area contributed by atoms with Crippen molar-refractivity contribution >= 4 is 5.97 Å². The Labute approximate surface area is 82.9 Å². The predicted molar refractivity (Wildman–Crippen MR) is 52.8 cm³/mol. The minimum absolute atomic E-state index is 0.235. The standard InChI is InChI=1S/C11H13NO2/c1-11(2,12)8-3-4-9-7(5-8)6-14-10(9)13/h3-5H,6,12H2,1-2H3. The molecule has 0 saturated carbocycles. The van der Waals surface area contributed by atoms with Gasteiger partial charge in [-0.25, -0.2) is 4.79 Å². The van der Waals surface area contributed by atoms with E-state index in [1.165, 1.54) is 0 Å². The third kappa shape index (κ3) is 1.40. The molecule has 0 spiro atoms. The second kappa shape index (κ2) is 2.82. The van der Waals surface area contributed by atoms with Gasteiger partial charge >= 0.3 is 5.97 Å². The molecule has 14 heavy (non-hydrogen) atoms. The van der Waals surface area contributed by atoms with Crippen LogP contribution in [0.25, 0.3) is 0 Å². The molecule has 0 atom stereocenters. The first-order valence-corrected chi connectivity index (χ1v) is 4.58. The van der Waals surface area contributed by atoms with Crippen molar-refractivity contribution < 1.29 is 9.53 Å². The Kier molecular flexibility index (Phi) is 1.86. The van der Waals surface area contributed by atoms with E-state index in [1.54, 1.807) is 6.07 Å². The molecular formula is C11H13NO2. The monoisotopic (exact) mass is 191 g/mol. The molecule has 2 rings (SSSR count). The van der Waals surface area contributed by atoms with E-state index >= 15 is 0 Å². The number of nitrogens with two attached hydrogens (primary N) is 1. The minimum atomic E-state index is -0.374. The Morgan fingerprint density at radius 1 is 1.43 bits per heavy atom. The lowest BCUT2D eigenvalue weighted by atomic mass is 9.93. The molecule has 0 saturated heterocycles. The van der Waals surface area contributed by atoms with Crippen LogP contribution in [0.15, 0.2) is 18.2 Å². The summed E-state index contributed by atoms with van der Waals surface area (Å²) in [5, 5.41) is 0. The molecule has 1 aliphatic heterocycles. The van der Waals surface area contributed by atoms with Crippen LogP contribution in [0.4, 0.5) is 0 Å². The van der Waals surface area contributed by atoms with Crippen molar-refractivity contribution in [1.82, 2.24) is 0 Å². The number of hydrogen-bond acceptors (Lipinski definition) is 3. The van der Waals surface area contributed by atoms with E-state index in [0.29, 0.717) is 12.2 Å². The third-order valence-electron chi connectivity index (χ3n) is 2.43. The maximum atomic E-state index is 11.2. The van der Waals surface area contributed by atoms with Crippen LogP contribution < -0.4 is 5.73 Å². The predicted octanol–water partition coefficient (Wildman–Crippen LogP) is 1.55. The fourth-order valence-corrected chi connectivity index (χ4v) is 1.53. The van der Waals surface area contributed by atoms with Crippen molar-refractivity contribution in [2.45, 2.75) is 26.0 Å². The van der Waals surface area contributed by atoms with E-state index in [0.717, 1.165) is 11.1 Å². The van der Waals surface area contributed by atoms with Crippen molar-refractivity contribution in [2.75, 3.05) is 0 Å². The second-order valence-corrected chi connectivity index (χ2v) is 4.17. The molecule has 0 aromatic heterocycles. The lowest BCUT2D eigenvalue weighted by molar-refractivity contribution is 0.0535.